The molecule has 0 aromatic heterocycles. The van der Waals surface area contributed by atoms with Gasteiger partial charge in [0.2, 0.25) is 21.8 Å². The van der Waals surface area contributed by atoms with Crippen molar-refractivity contribution in [3.8, 4) is 0 Å². The molecular weight excluding hydrogens is 537 g/mol. The van der Waals surface area contributed by atoms with E-state index in [9.17, 15) is 22.8 Å². The highest BCUT2D eigenvalue weighted by Gasteiger charge is 2.33. The van der Waals surface area contributed by atoms with Crippen molar-refractivity contribution in [1.82, 2.24) is 10.2 Å². The van der Waals surface area contributed by atoms with Crippen LogP contribution in [0.5, 0.6) is 0 Å². The van der Waals surface area contributed by atoms with E-state index in [2.05, 4.69) is 5.32 Å². The Balaban J connectivity index is 2.52. The van der Waals surface area contributed by atoms with Gasteiger partial charge in [0.15, 0.2) is 5.78 Å². The number of rotatable bonds is 10. The lowest BCUT2D eigenvalue weighted by molar-refractivity contribution is -0.141. The lowest BCUT2D eigenvalue weighted by Gasteiger charge is -2.34. The van der Waals surface area contributed by atoms with E-state index in [1.165, 1.54) is 24.0 Å². The summed E-state index contributed by atoms with van der Waals surface area (Å²) in [6.07, 6.45) is 1.27. The third-order valence-corrected chi connectivity index (χ3v) is 7.32. The molecule has 8 nitrogen and oxygen atoms in total. The number of anilines is 1. The van der Waals surface area contributed by atoms with E-state index < -0.39 is 34.1 Å². The lowest BCUT2D eigenvalue weighted by atomic mass is 10.1. The Morgan fingerprint density at radius 1 is 1.03 bits per heavy atom. The van der Waals surface area contributed by atoms with Crippen LogP contribution in [0.4, 0.5) is 5.69 Å². The van der Waals surface area contributed by atoms with Crippen molar-refractivity contribution in [3.05, 3.63) is 63.6 Å². The summed E-state index contributed by atoms with van der Waals surface area (Å²) < 4.78 is 26.4. The number of hydrogen-bond acceptors (Lipinski definition) is 5. The molecule has 1 atom stereocenters. The maximum absolute atomic E-state index is 13.7. The molecule has 0 bridgehead atoms. The highest BCUT2D eigenvalue weighted by molar-refractivity contribution is 7.92. The number of ketones is 1. The standard InChI is InChI=1S/C26H33Cl2N3O5S/c1-7-23(25(34)29-26(3,4)5)30(15-18-11-12-21(27)22(28)13-18)24(33)16-31(37(6,35)36)20-10-8-9-19(14-20)17(2)32/h8-14,23H,7,15-16H2,1-6H3,(H,29,34). The molecule has 202 valence electrons. The molecule has 2 aromatic carbocycles. The van der Waals surface area contributed by atoms with E-state index in [-0.39, 0.29) is 35.4 Å². The number of hydrogen-bond donors (Lipinski definition) is 1. The van der Waals surface area contributed by atoms with Crippen LogP contribution in [0.3, 0.4) is 0 Å². The summed E-state index contributed by atoms with van der Waals surface area (Å²) in [4.78, 5) is 40.1. The molecule has 0 heterocycles. The van der Waals surface area contributed by atoms with Gasteiger partial charge in [-0.3, -0.25) is 18.7 Å². The van der Waals surface area contributed by atoms with Gasteiger partial charge in [0.25, 0.3) is 0 Å². The molecule has 1 unspecified atom stereocenters. The molecule has 0 saturated heterocycles. The molecule has 1 N–H and O–H groups in total. The monoisotopic (exact) mass is 569 g/mol. The molecule has 0 aliphatic heterocycles. The maximum Gasteiger partial charge on any atom is 0.244 e. The molecule has 37 heavy (non-hydrogen) atoms. The van der Waals surface area contributed by atoms with Crippen molar-refractivity contribution < 1.29 is 22.8 Å². The zero-order valence-electron chi connectivity index (χ0n) is 21.8. The van der Waals surface area contributed by atoms with Crippen molar-refractivity contribution in [2.45, 2.75) is 59.2 Å². The minimum atomic E-state index is -3.92. The number of amides is 2. The van der Waals surface area contributed by atoms with E-state index in [0.29, 0.717) is 16.1 Å². The number of sulfonamides is 1. The Bertz CT molecular complexity index is 1280. The van der Waals surface area contributed by atoms with Gasteiger partial charge in [0.1, 0.15) is 12.6 Å². The van der Waals surface area contributed by atoms with Gasteiger partial charge >= 0.3 is 0 Å². The van der Waals surface area contributed by atoms with Gasteiger partial charge in [-0.15, -0.1) is 0 Å². The maximum atomic E-state index is 13.7. The summed E-state index contributed by atoms with van der Waals surface area (Å²) in [5, 5.41) is 3.53. The Hall–Kier alpha value is -2.62. The average molecular weight is 571 g/mol. The Labute approximate surface area is 229 Å². The second kappa shape index (κ2) is 12.3. The summed E-state index contributed by atoms with van der Waals surface area (Å²) >= 11 is 12.2. The smallest absolute Gasteiger partial charge is 0.244 e. The minimum Gasteiger partial charge on any atom is -0.350 e. The van der Waals surface area contributed by atoms with Gasteiger partial charge in [-0.25, -0.2) is 8.42 Å². The van der Waals surface area contributed by atoms with Crippen LogP contribution in [0, 0.1) is 0 Å². The van der Waals surface area contributed by atoms with Crippen LogP contribution in [0.1, 0.15) is 57.0 Å². The van der Waals surface area contributed by atoms with Crippen molar-refractivity contribution in [1.29, 1.82) is 0 Å². The molecule has 0 aliphatic rings. The average Bonchev–Trinajstić information content (AvgIpc) is 2.77. The molecule has 2 aromatic rings. The summed E-state index contributed by atoms with van der Waals surface area (Å²) in [6, 6.07) is 10.0. The predicted octanol–water partition coefficient (Wildman–Crippen LogP) is 4.68. The first-order valence-corrected chi connectivity index (χ1v) is 14.3. The number of halogens is 2. The first-order valence-electron chi connectivity index (χ1n) is 11.7. The van der Waals surface area contributed by atoms with Gasteiger partial charge in [-0.2, -0.15) is 0 Å². The van der Waals surface area contributed by atoms with E-state index in [4.69, 9.17) is 23.2 Å². The minimum absolute atomic E-state index is 0.00310. The van der Waals surface area contributed by atoms with Crippen molar-refractivity contribution in [3.63, 3.8) is 0 Å². The Kier molecular flexibility index (Phi) is 10.2. The highest BCUT2D eigenvalue weighted by Crippen LogP contribution is 2.25. The van der Waals surface area contributed by atoms with E-state index in [1.54, 1.807) is 37.3 Å². The first-order chi connectivity index (χ1) is 17.0. The van der Waals surface area contributed by atoms with Gasteiger partial charge in [0.05, 0.1) is 22.0 Å². The molecule has 0 fully saturated rings. The van der Waals surface area contributed by atoms with Crippen LogP contribution in [0.2, 0.25) is 10.0 Å². The SMILES string of the molecule is CCC(C(=O)NC(C)(C)C)N(Cc1ccc(Cl)c(Cl)c1)C(=O)CN(c1cccc(C(C)=O)c1)S(C)(=O)=O. The van der Waals surface area contributed by atoms with Crippen LogP contribution < -0.4 is 9.62 Å². The summed E-state index contributed by atoms with van der Waals surface area (Å²) in [7, 11) is -3.92. The summed E-state index contributed by atoms with van der Waals surface area (Å²) in [6.45, 7) is 8.06. The molecular formula is C26H33Cl2N3O5S. The summed E-state index contributed by atoms with van der Waals surface area (Å²) in [5.74, 6) is -1.21. The van der Waals surface area contributed by atoms with Crippen molar-refractivity contribution >= 4 is 56.5 Å². The zero-order chi connectivity index (χ0) is 28.1. The van der Waals surface area contributed by atoms with Crippen LogP contribution >= 0.6 is 23.2 Å². The van der Waals surface area contributed by atoms with E-state index >= 15 is 0 Å². The number of nitrogens with one attached hydrogen (secondary N) is 1. The Morgan fingerprint density at radius 2 is 1.68 bits per heavy atom. The van der Waals surface area contributed by atoms with Crippen LogP contribution in [0.25, 0.3) is 0 Å². The second-order valence-corrected chi connectivity index (χ2v) is 12.5. The quantitative estimate of drug-likeness (QED) is 0.418. The fourth-order valence-electron chi connectivity index (χ4n) is 3.70. The van der Waals surface area contributed by atoms with Gasteiger partial charge < -0.3 is 10.2 Å². The molecule has 2 amide bonds. The van der Waals surface area contributed by atoms with Crippen LogP contribution in [0.15, 0.2) is 42.5 Å². The molecule has 0 saturated carbocycles. The molecule has 0 aliphatic carbocycles. The van der Waals surface area contributed by atoms with Crippen molar-refractivity contribution in [2.24, 2.45) is 0 Å². The first kappa shape index (κ1) is 30.6. The van der Waals surface area contributed by atoms with E-state index in [0.717, 1.165) is 10.6 Å². The zero-order valence-corrected chi connectivity index (χ0v) is 24.2. The predicted molar refractivity (Wildman–Crippen MR) is 148 cm³/mol. The third-order valence-electron chi connectivity index (χ3n) is 5.44. The van der Waals surface area contributed by atoms with Gasteiger partial charge in [-0.05, 0) is 63.9 Å². The number of carbonyl (C=O) groups is 3. The summed E-state index contributed by atoms with van der Waals surface area (Å²) in [5.41, 5.74) is 0.552. The molecule has 11 heteroatoms. The largest absolute Gasteiger partial charge is 0.350 e. The van der Waals surface area contributed by atoms with E-state index in [1.807, 2.05) is 20.8 Å². The van der Waals surface area contributed by atoms with Crippen LogP contribution in [-0.4, -0.2) is 55.3 Å². The number of benzene rings is 2. The second-order valence-electron chi connectivity index (χ2n) is 9.81. The highest BCUT2D eigenvalue weighted by atomic mass is 35.5. The topological polar surface area (TPSA) is 104 Å². The normalized spacial score (nSPS) is 12.5. The number of nitrogens with zero attached hydrogens (tertiary/aromatic N) is 2. The number of Topliss-reactive ketones (excluding diaryl/α,β-unsaturated/α-hetero) is 1. The molecule has 0 radical (unpaired) electrons. The number of carbonyl (C=O) groups excluding carboxylic acids is 3. The third kappa shape index (κ3) is 8.72. The van der Waals surface area contributed by atoms with Gasteiger partial charge in [0, 0.05) is 17.6 Å². The molecule has 2 rings (SSSR count). The Morgan fingerprint density at radius 3 is 2.19 bits per heavy atom. The van der Waals surface area contributed by atoms with Gasteiger partial charge in [-0.1, -0.05) is 48.3 Å². The lowest BCUT2D eigenvalue weighted by Crippen LogP contribution is -2.55. The van der Waals surface area contributed by atoms with Crippen molar-refractivity contribution in [2.75, 3.05) is 17.1 Å². The fraction of sp³-hybridized carbons (Fsp3) is 0.423. The molecule has 0 spiro atoms. The fourth-order valence-corrected chi connectivity index (χ4v) is 4.86. The van der Waals surface area contributed by atoms with Crippen LogP contribution in [-0.2, 0) is 26.2 Å².